The van der Waals surface area contributed by atoms with Crippen molar-refractivity contribution in [1.29, 1.82) is 0 Å². The molecule has 0 aliphatic carbocycles. The van der Waals surface area contributed by atoms with Crippen molar-refractivity contribution in [3.05, 3.63) is 95.1 Å². The summed E-state index contributed by atoms with van der Waals surface area (Å²) in [6, 6.07) is 20.3. The third-order valence-corrected chi connectivity index (χ3v) is 5.78. The van der Waals surface area contributed by atoms with Gasteiger partial charge < -0.3 is 14.6 Å². The molecule has 0 saturated carbocycles. The van der Waals surface area contributed by atoms with E-state index in [1.807, 2.05) is 18.2 Å². The molecule has 4 rings (SSSR count). The van der Waals surface area contributed by atoms with Gasteiger partial charge in [-0.3, -0.25) is 19.3 Å². The first kappa shape index (κ1) is 24.7. The number of carboxylic acid groups (broad SMARTS) is 1. The zero-order valence-electron chi connectivity index (χ0n) is 19.5. The summed E-state index contributed by atoms with van der Waals surface area (Å²) < 4.78 is 10.9. The second-order valence-corrected chi connectivity index (χ2v) is 8.36. The van der Waals surface area contributed by atoms with Crippen molar-refractivity contribution in [1.82, 2.24) is 4.90 Å². The van der Waals surface area contributed by atoms with E-state index < -0.39 is 5.97 Å². The minimum atomic E-state index is -1.05. The number of aromatic carboxylic acids is 1. The fourth-order valence-corrected chi connectivity index (χ4v) is 3.87. The number of fused-ring (bicyclic) bond motifs is 1. The lowest BCUT2D eigenvalue weighted by Gasteiger charge is -2.13. The first-order valence-corrected chi connectivity index (χ1v) is 11.6. The van der Waals surface area contributed by atoms with Gasteiger partial charge in [-0.1, -0.05) is 30.3 Å². The maximum atomic E-state index is 12.8. The number of ketones is 1. The predicted molar refractivity (Wildman–Crippen MR) is 131 cm³/mol. The Kier molecular flexibility index (Phi) is 7.75. The van der Waals surface area contributed by atoms with Gasteiger partial charge in [0.25, 0.3) is 11.8 Å². The highest BCUT2D eigenvalue weighted by Crippen LogP contribution is 2.27. The van der Waals surface area contributed by atoms with E-state index in [1.165, 1.54) is 40.8 Å². The molecule has 1 aliphatic heterocycles. The third-order valence-electron chi connectivity index (χ3n) is 5.78. The van der Waals surface area contributed by atoms with E-state index in [4.69, 9.17) is 14.6 Å². The number of ether oxygens (including phenoxy) is 2. The quantitative estimate of drug-likeness (QED) is 0.303. The third kappa shape index (κ3) is 5.96. The lowest BCUT2D eigenvalue weighted by atomic mass is 10.1. The number of carbonyl (C=O) groups excluding carboxylic acids is 3. The molecule has 0 unspecified atom stereocenters. The van der Waals surface area contributed by atoms with Crippen molar-refractivity contribution in [2.75, 3.05) is 19.8 Å². The second kappa shape index (κ2) is 11.3. The number of nitrogens with zero attached hydrogens (tertiary/aromatic N) is 1. The molecule has 2 amide bonds. The molecule has 1 N–H and O–H groups in total. The van der Waals surface area contributed by atoms with Gasteiger partial charge in [0.05, 0.1) is 16.7 Å². The highest BCUT2D eigenvalue weighted by atomic mass is 16.5. The van der Waals surface area contributed by atoms with E-state index in [0.717, 1.165) is 12.8 Å². The molecule has 1 heterocycles. The van der Waals surface area contributed by atoms with Crippen molar-refractivity contribution in [2.45, 2.75) is 19.3 Å². The Bertz CT molecular complexity index is 1270. The van der Waals surface area contributed by atoms with Crippen molar-refractivity contribution >= 4 is 23.6 Å². The number of rotatable bonds is 12. The zero-order chi connectivity index (χ0) is 25.5. The minimum absolute atomic E-state index is 0.118. The molecule has 3 aromatic rings. The van der Waals surface area contributed by atoms with E-state index >= 15 is 0 Å². The number of unbranched alkanes of at least 4 members (excludes halogenated alkanes) is 1. The predicted octanol–water partition coefficient (Wildman–Crippen LogP) is 4.03. The molecular weight excluding hydrogens is 462 g/mol. The van der Waals surface area contributed by atoms with E-state index in [9.17, 15) is 19.2 Å². The molecule has 1 aliphatic rings. The molecule has 184 valence electrons. The molecule has 3 aromatic carbocycles. The van der Waals surface area contributed by atoms with Crippen LogP contribution in [0.3, 0.4) is 0 Å². The van der Waals surface area contributed by atoms with Gasteiger partial charge >= 0.3 is 5.97 Å². The fourth-order valence-electron chi connectivity index (χ4n) is 3.87. The highest BCUT2D eigenvalue weighted by Gasteiger charge is 2.35. The largest absolute Gasteiger partial charge is 0.486 e. The number of imide groups is 1. The van der Waals surface area contributed by atoms with Crippen LogP contribution in [0.15, 0.2) is 72.8 Å². The Morgan fingerprint density at radius 1 is 0.750 bits per heavy atom. The van der Waals surface area contributed by atoms with Gasteiger partial charge in [-0.15, -0.1) is 0 Å². The molecule has 0 spiro atoms. The first-order valence-electron chi connectivity index (χ1n) is 11.6. The van der Waals surface area contributed by atoms with Crippen LogP contribution in [-0.2, 0) is 11.2 Å². The van der Waals surface area contributed by atoms with Crippen molar-refractivity contribution < 1.29 is 33.8 Å². The van der Waals surface area contributed by atoms with Crippen molar-refractivity contribution in [3.8, 4) is 11.5 Å². The molecule has 0 radical (unpaired) electrons. The zero-order valence-corrected chi connectivity index (χ0v) is 19.5. The van der Waals surface area contributed by atoms with Crippen LogP contribution in [0.2, 0.25) is 0 Å². The van der Waals surface area contributed by atoms with Crippen LogP contribution >= 0.6 is 0 Å². The molecule has 0 fully saturated rings. The van der Waals surface area contributed by atoms with Crippen LogP contribution in [0.1, 0.15) is 49.5 Å². The summed E-state index contributed by atoms with van der Waals surface area (Å²) in [4.78, 5) is 49.8. The lowest BCUT2D eigenvalue weighted by Crippen LogP contribution is -2.30. The SMILES string of the molecule is O=C(COc1ccc(C(=O)O)cc1)COc1ccc2c(c1)C(=O)N(CCCCc1ccccc1)C2=O. The topological polar surface area (TPSA) is 110 Å². The summed E-state index contributed by atoms with van der Waals surface area (Å²) in [6.45, 7) is -0.193. The van der Waals surface area contributed by atoms with E-state index in [-0.39, 0.29) is 41.9 Å². The second-order valence-electron chi connectivity index (χ2n) is 8.36. The Morgan fingerprint density at radius 2 is 1.39 bits per heavy atom. The highest BCUT2D eigenvalue weighted by molar-refractivity contribution is 6.21. The number of carbonyl (C=O) groups is 4. The van der Waals surface area contributed by atoms with Crippen LogP contribution < -0.4 is 9.47 Å². The Hall–Kier alpha value is -4.46. The van der Waals surface area contributed by atoms with Gasteiger partial charge in [0, 0.05) is 6.54 Å². The summed E-state index contributed by atoms with van der Waals surface area (Å²) in [5, 5.41) is 8.91. The average Bonchev–Trinajstić information content (AvgIpc) is 3.13. The lowest BCUT2D eigenvalue weighted by molar-refractivity contribution is -0.123. The van der Waals surface area contributed by atoms with Crippen molar-refractivity contribution in [3.63, 3.8) is 0 Å². The summed E-state index contributed by atoms with van der Waals surface area (Å²) in [5.74, 6) is -1.41. The Morgan fingerprint density at radius 3 is 2.08 bits per heavy atom. The maximum Gasteiger partial charge on any atom is 0.335 e. The maximum absolute atomic E-state index is 12.8. The number of hydrogen-bond acceptors (Lipinski definition) is 6. The van der Waals surface area contributed by atoms with Crippen LogP contribution in [0.25, 0.3) is 0 Å². The first-order chi connectivity index (χ1) is 17.4. The van der Waals surface area contributed by atoms with Gasteiger partial charge in [0.1, 0.15) is 24.7 Å². The molecule has 8 nitrogen and oxygen atoms in total. The smallest absolute Gasteiger partial charge is 0.335 e. The molecule has 0 saturated heterocycles. The molecular formula is C28H25NO7. The van der Waals surface area contributed by atoms with Gasteiger partial charge in [0.2, 0.25) is 5.78 Å². The van der Waals surface area contributed by atoms with E-state index in [1.54, 1.807) is 12.1 Å². The number of Topliss-reactive ketones (excluding diaryl/α,β-unsaturated/α-hetero) is 1. The fraction of sp³-hybridized carbons (Fsp3) is 0.214. The molecule has 8 heteroatoms. The summed E-state index contributed by atoms with van der Waals surface area (Å²) >= 11 is 0. The number of hydrogen-bond donors (Lipinski definition) is 1. The van der Waals surface area contributed by atoms with Gasteiger partial charge in [0.15, 0.2) is 0 Å². The normalized spacial score (nSPS) is 12.4. The van der Waals surface area contributed by atoms with Crippen LogP contribution in [0.4, 0.5) is 0 Å². The number of carboxylic acids is 1. The van der Waals surface area contributed by atoms with Gasteiger partial charge in [-0.2, -0.15) is 0 Å². The summed E-state index contributed by atoms with van der Waals surface area (Å²) in [6.07, 6.45) is 2.45. The van der Waals surface area contributed by atoms with Crippen LogP contribution in [0.5, 0.6) is 11.5 Å². The van der Waals surface area contributed by atoms with Gasteiger partial charge in [-0.05, 0) is 67.3 Å². The molecule has 0 aromatic heterocycles. The average molecular weight is 488 g/mol. The monoisotopic (exact) mass is 487 g/mol. The minimum Gasteiger partial charge on any atom is -0.486 e. The van der Waals surface area contributed by atoms with Crippen molar-refractivity contribution in [2.24, 2.45) is 0 Å². The summed E-state index contributed by atoms with van der Waals surface area (Å²) in [7, 11) is 0. The number of aryl methyl sites for hydroxylation is 1. The Balaban J connectivity index is 1.25. The Labute approximate surface area is 208 Å². The van der Waals surface area contributed by atoms with E-state index in [2.05, 4.69) is 12.1 Å². The van der Waals surface area contributed by atoms with Crippen LogP contribution in [0, 0.1) is 0 Å². The van der Waals surface area contributed by atoms with Crippen LogP contribution in [-0.4, -0.2) is 53.3 Å². The molecule has 36 heavy (non-hydrogen) atoms. The van der Waals surface area contributed by atoms with E-state index in [0.29, 0.717) is 30.0 Å². The van der Waals surface area contributed by atoms with Gasteiger partial charge in [-0.25, -0.2) is 4.79 Å². The number of benzene rings is 3. The number of amides is 2. The molecule has 0 bridgehead atoms. The standard InChI is InChI=1S/C28H25NO7/c30-21(17-35-22-11-9-20(10-12-22)28(33)34)18-36-23-13-14-24-25(16-23)27(32)29(26(24)31)15-5-4-8-19-6-2-1-3-7-19/h1-3,6-7,9-14,16H,4-5,8,15,17-18H2,(H,33,34). The molecule has 0 atom stereocenters. The summed E-state index contributed by atoms with van der Waals surface area (Å²) in [5.41, 5.74) is 1.93.